The second kappa shape index (κ2) is 14.5. The first-order chi connectivity index (χ1) is 19.5. The summed E-state index contributed by atoms with van der Waals surface area (Å²) in [5, 5.41) is 3.54. The second-order valence-corrected chi connectivity index (χ2v) is 12.5. The fourth-order valence-corrected chi connectivity index (χ4v) is 6.13. The summed E-state index contributed by atoms with van der Waals surface area (Å²) in [6.07, 6.45) is 1.68. The minimum absolute atomic E-state index is 0.0705. The Balaban J connectivity index is 2.09. The van der Waals surface area contributed by atoms with Crippen LogP contribution in [0.3, 0.4) is 0 Å². The predicted molar refractivity (Wildman–Crippen MR) is 166 cm³/mol. The lowest BCUT2D eigenvalue weighted by molar-refractivity contribution is -0.140. The van der Waals surface area contributed by atoms with Crippen molar-refractivity contribution in [1.82, 2.24) is 10.2 Å². The summed E-state index contributed by atoms with van der Waals surface area (Å²) in [5.41, 5.74) is 2.93. The van der Waals surface area contributed by atoms with Gasteiger partial charge in [-0.15, -0.1) is 0 Å². The van der Waals surface area contributed by atoms with E-state index in [-0.39, 0.29) is 23.4 Å². The number of benzene rings is 3. The van der Waals surface area contributed by atoms with Gasteiger partial charge in [-0.1, -0.05) is 80.4 Å². The van der Waals surface area contributed by atoms with Gasteiger partial charge in [0, 0.05) is 17.6 Å². The Morgan fingerprint density at radius 3 is 2.12 bits per heavy atom. The number of sulfonamides is 1. The molecular formula is C32H40ClN3O4S. The van der Waals surface area contributed by atoms with Crippen LogP contribution in [0.1, 0.15) is 57.2 Å². The summed E-state index contributed by atoms with van der Waals surface area (Å²) >= 11 is 6.09. The molecule has 0 aromatic heterocycles. The number of nitrogens with one attached hydrogen (secondary N) is 1. The van der Waals surface area contributed by atoms with E-state index in [2.05, 4.69) is 5.32 Å². The van der Waals surface area contributed by atoms with Gasteiger partial charge in [0.2, 0.25) is 11.8 Å². The number of amides is 2. The van der Waals surface area contributed by atoms with Crippen LogP contribution in [-0.2, 0) is 32.6 Å². The van der Waals surface area contributed by atoms with Crippen molar-refractivity contribution in [3.8, 4) is 0 Å². The number of halogens is 1. The molecular weight excluding hydrogens is 558 g/mol. The number of hydrogen-bond donors (Lipinski definition) is 1. The number of anilines is 1. The molecule has 3 rings (SSSR count). The number of para-hydroxylation sites is 1. The van der Waals surface area contributed by atoms with Gasteiger partial charge in [0.15, 0.2) is 0 Å². The highest BCUT2D eigenvalue weighted by Gasteiger charge is 2.34. The zero-order valence-corrected chi connectivity index (χ0v) is 26.0. The molecule has 0 fully saturated rings. The first-order valence-electron chi connectivity index (χ1n) is 14.0. The maximum Gasteiger partial charge on any atom is 0.264 e. The Labute approximate surface area is 249 Å². The number of hydrogen-bond acceptors (Lipinski definition) is 4. The standard InChI is InChI=1S/C32H40ClN3O4S/c1-6-24(5)34-32(38)29(8-3)35(21-25-15-17-27(33)18-16-25)31(37)22-36(30-12-10-9-11-26(30)7-2)41(39,40)28-19-13-23(4)14-20-28/h9-20,24,29H,6-8,21-22H2,1-5H3,(H,34,38)/t24-,29-/m1/s1. The molecule has 0 saturated heterocycles. The molecule has 0 radical (unpaired) electrons. The van der Waals surface area contributed by atoms with E-state index in [1.54, 1.807) is 60.7 Å². The molecule has 0 heterocycles. The molecule has 7 nitrogen and oxygen atoms in total. The first-order valence-corrected chi connectivity index (χ1v) is 15.8. The molecule has 0 bridgehead atoms. The maximum atomic E-state index is 14.2. The number of aryl methyl sites for hydroxylation is 2. The number of carbonyl (C=O) groups excluding carboxylic acids is 2. The van der Waals surface area contributed by atoms with Gasteiger partial charge in [0.05, 0.1) is 10.6 Å². The molecule has 2 atom stereocenters. The van der Waals surface area contributed by atoms with Crippen LogP contribution in [0.25, 0.3) is 0 Å². The molecule has 1 N–H and O–H groups in total. The van der Waals surface area contributed by atoms with Crippen LogP contribution in [0.2, 0.25) is 5.02 Å². The van der Waals surface area contributed by atoms with Crippen LogP contribution in [0.15, 0.2) is 77.7 Å². The van der Waals surface area contributed by atoms with E-state index in [1.165, 1.54) is 9.21 Å². The highest BCUT2D eigenvalue weighted by Crippen LogP contribution is 2.28. The predicted octanol–water partition coefficient (Wildman–Crippen LogP) is 6.13. The average molecular weight is 598 g/mol. The molecule has 0 saturated carbocycles. The minimum atomic E-state index is -4.12. The van der Waals surface area contributed by atoms with E-state index >= 15 is 0 Å². The normalized spacial score (nSPS) is 12.8. The van der Waals surface area contributed by atoms with Crippen molar-refractivity contribution >= 4 is 39.1 Å². The van der Waals surface area contributed by atoms with Gasteiger partial charge in [-0.2, -0.15) is 0 Å². The zero-order valence-electron chi connectivity index (χ0n) is 24.4. The molecule has 0 aliphatic carbocycles. The SMILES string of the molecule is CCc1ccccc1N(CC(=O)N(Cc1ccc(Cl)cc1)[C@H](CC)C(=O)N[C@H](C)CC)S(=O)(=O)c1ccc(C)cc1. The third-order valence-electron chi connectivity index (χ3n) is 7.18. The highest BCUT2D eigenvalue weighted by molar-refractivity contribution is 7.92. The van der Waals surface area contributed by atoms with Gasteiger partial charge in [0.1, 0.15) is 12.6 Å². The van der Waals surface area contributed by atoms with Crippen LogP contribution in [0, 0.1) is 6.92 Å². The fraction of sp³-hybridized carbons (Fsp3) is 0.375. The van der Waals surface area contributed by atoms with Gasteiger partial charge in [-0.25, -0.2) is 8.42 Å². The van der Waals surface area contributed by atoms with Gasteiger partial charge in [0.25, 0.3) is 10.0 Å². The van der Waals surface area contributed by atoms with Gasteiger partial charge >= 0.3 is 0 Å². The summed E-state index contributed by atoms with van der Waals surface area (Å²) in [7, 11) is -4.12. The smallest absolute Gasteiger partial charge is 0.264 e. The van der Waals surface area contributed by atoms with Crippen molar-refractivity contribution in [3.63, 3.8) is 0 Å². The molecule has 0 spiro atoms. The Morgan fingerprint density at radius 1 is 0.902 bits per heavy atom. The molecule has 2 amide bonds. The van der Waals surface area contributed by atoms with Crippen LogP contribution in [-0.4, -0.2) is 43.8 Å². The summed E-state index contributed by atoms with van der Waals surface area (Å²) in [6, 6.07) is 19.9. The van der Waals surface area contributed by atoms with Crippen molar-refractivity contribution in [1.29, 1.82) is 0 Å². The molecule has 9 heteroatoms. The third kappa shape index (κ3) is 8.11. The summed E-state index contributed by atoms with van der Waals surface area (Å²) in [5.74, 6) is -0.751. The summed E-state index contributed by atoms with van der Waals surface area (Å²) in [6.45, 7) is 9.21. The Hall–Kier alpha value is -3.36. The van der Waals surface area contributed by atoms with Crippen molar-refractivity contribution in [2.24, 2.45) is 0 Å². The van der Waals surface area contributed by atoms with Crippen LogP contribution in [0.4, 0.5) is 5.69 Å². The molecule has 3 aromatic carbocycles. The minimum Gasteiger partial charge on any atom is -0.352 e. The van der Waals surface area contributed by atoms with Crippen molar-refractivity contribution < 1.29 is 18.0 Å². The highest BCUT2D eigenvalue weighted by atomic mass is 35.5. The molecule has 220 valence electrons. The maximum absolute atomic E-state index is 14.2. The van der Waals surface area contributed by atoms with Gasteiger partial charge in [-0.3, -0.25) is 13.9 Å². The molecule has 3 aromatic rings. The van der Waals surface area contributed by atoms with Crippen molar-refractivity contribution in [3.05, 3.63) is 94.5 Å². The van der Waals surface area contributed by atoms with Crippen LogP contribution >= 0.6 is 11.6 Å². The zero-order chi connectivity index (χ0) is 30.2. The summed E-state index contributed by atoms with van der Waals surface area (Å²) < 4.78 is 29.3. The first kappa shape index (κ1) is 32.2. The Morgan fingerprint density at radius 2 is 1.54 bits per heavy atom. The second-order valence-electron chi connectivity index (χ2n) is 10.2. The number of rotatable bonds is 13. The van der Waals surface area contributed by atoms with Crippen LogP contribution in [0.5, 0.6) is 0 Å². The Kier molecular flexibility index (Phi) is 11.4. The van der Waals surface area contributed by atoms with E-state index in [1.807, 2.05) is 46.8 Å². The third-order valence-corrected chi connectivity index (χ3v) is 9.21. The summed E-state index contributed by atoms with van der Waals surface area (Å²) in [4.78, 5) is 29.2. The van der Waals surface area contributed by atoms with E-state index in [9.17, 15) is 18.0 Å². The Bertz CT molecular complexity index is 1430. The fourth-order valence-electron chi connectivity index (χ4n) is 4.55. The quantitative estimate of drug-likeness (QED) is 0.257. The molecule has 0 aliphatic heterocycles. The van der Waals surface area contributed by atoms with Crippen molar-refractivity contribution in [2.75, 3.05) is 10.8 Å². The van der Waals surface area contributed by atoms with Crippen LogP contribution < -0.4 is 9.62 Å². The lowest BCUT2D eigenvalue weighted by atomic mass is 10.1. The molecule has 0 unspecified atom stereocenters. The van der Waals surface area contributed by atoms with Crippen molar-refractivity contribution in [2.45, 2.75) is 77.4 Å². The number of carbonyl (C=O) groups is 2. The molecule has 0 aliphatic rings. The largest absolute Gasteiger partial charge is 0.352 e. The van der Waals surface area contributed by atoms with Gasteiger partial charge < -0.3 is 10.2 Å². The lowest BCUT2D eigenvalue weighted by Crippen LogP contribution is -2.53. The average Bonchev–Trinajstić information content (AvgIpc) is 2.96. The van der Waals surface area contributed by atoms with E-state index in [0.29, 0.717) is 23.6 Å². The van der Waals surface area contributed by atoms with E-state index < -0.39 is 28.5 Å². The van der Waals surface area contributed by atoms with Gasteiger partial charge in [-0.05, 0) is 74.6 Å². The number of nitrogens with zero attached hydrogens (tertiary/aromatic N) is 2. The monoisotopic (exact) mass is 597 g/mol. The van der Waals surface area contributed by atoms with E-state index in [4.69, 9.17) is 11.6 Å². The van der Waals surface area contributed by atoms with E-state index in [0.717, 1.165) is 23.1 Å². The topological polar surface area (TPSA) is 86.8 Å². The molecule has 41 heavy (non-hydrogen) atoms. The lowest BCUT2D eigenvalue weighted by Gasteiger charge is -2.34.